The molecule has 20 heavy (non-hydrogen) atoms. The Bertz CT molecular complexity index is 526. The standard InChI is InChI=1S/C16H20N2O2/c1-3-8-17-10-13-9-16(12-18-11-13)20-15-6-4-14(19-2)5-7-15/h4-7,9,11-12,17H,3,8,10H2,1-2H3. The van der Waals surface area contributed by atoms with Crippen molar-refractivity contribution >= 4 is 0 Å². The lowest BCUT2D eigenvalue weighted by atomic mass is 10.2. The average molecular weight is 272 g/mol. The third-order valence-electron chi connectivity index (χ3n) is 2.82. The Labute approximate surface area is 119 Å². The molecule has 0 aliphatic heterocycles. The van der Waals surface area contributed by atoms with Gasteiger partial charge in [0.15, 0.2) is 0 Å². The number of hydrogen-bond acceptors (Lipinski definition) is 4. The van der Waals surface area contributed by atoms with E-state index in [0.29, 0.717) is 0 Å². The first-order chi connectivity index (χ1) is 9.81. The van der Waals surface area contributed by atoms with Crippen LogP contribution >= 0.6 is 0 Å². The van der Waals surface area contributed by atoms with Gasteiger partial charge in [0.25, 0.3) is 0 Å². The van der Waals surface area contributed by atoms with Gasteiger partial charge in [-0.2, -0.15) is 0 Å². The van der Waals surface area contributed by atoms with Gasteiger partial charge in [-0.25, -0.2) is 0 Å². The maximum Gasteiger partial charge on any atom is 0.146 e. The molecule has 0 saturated carbocycles. The largest absolute Gasteiger partial charge is 0.497 e. The SMILES string of the molecule is CCCNCc1cncc(Oc2ccc(OC)cc2)c1. The van der Waals surface area contributed by atoms with Crippen LogP contribution in [0.1, 0.15) is 18.9 Å². The summed E-state index contributed by atoms with van der Waals surface area (Å²) in [7, 11) is 1.65. The van der Waals surface area contributed by atoms with Crippen molar-refractivity contribution in [2.45, 2.75) is 19.9 Å². The zero-order valence-corrected chi connectivity index (χ0v) is 11.9. The van der Waals surface area contributed by atoms with Crippen LogP contribution in [0.25, 0.3) is 0 Å². The first-order valence-electron chi connectivity index (χ1n) is 6.78. The van der Waals surface area contributed by atoms with Crippen LogP contribution in [0.3, 0.4) is 0 Å². The van der Waals surface area contributed by atoms with Gasteiger partial charge in [0.2, 0.25) is 0 Å². The fraction of sp³-hybridized carbons (Fsp3) is 0.312. The molecule has 4 nitrogen and oxygen atoms in total. The number of pyridine rings is 1. The number of benzene rings is 1. The summed E-state index contributed by atoms with van der Waals surface area (Å²) in [6.45, 7) is 3.96. The molecule has 0 aliphatic rings. The van der Waals surface area contributed by atoms with Gasteiger partial charge in [-0.15, -0.1) is 0 Å². The number of hydrogen-bond donors (Lipinski definition) is 1. The topological polar surface area (TPSA) is 43.4 Å². The Morgan fingerprint density at radius 3 is 2.50 bits per heavy atom. The van der Waals surface area contributed by atoms with Gasteiger partial charge < -0.3 is 14.8 Å². The van der Waals surface area contributed by atoms with E-state index < -0.39 is 0 Å². The Kier molecular flexibility index (Phi) is 5.38. The van der Waals surface area contributed by atoms with E-state index in [1.54, 1.807) is 13.3 Å². The van der Waals surface area contributed by atoms with Crippen molar-refractivity contribution in [3.05, 3.63) is 48.3 Å². The molecule has 0 bridgehead atoms. The monoisotopic (exact) mass is 272 g/mol. The minimum absolute atomic E-state index is 0.742. The van der Waals surface area contributed by atoms with E-state index in [1.807, 2.05) is 36.5 Å². The van der Waals surface area contributed by atoms with E-state index in [2.05, 4.69) is 17.2 Å². The molecule has 0 saturated heterocycles. The van der Waals surface area contributed by atoms with Crippen molar-refractivity contribution in [2.24, 2.45) is 0 Å². The molecule has 4 heteroatoms. The Balaban J connectivity index is 1.99. The third kappa shape index (κ3) is 4.24. The van der Waals surface area contributed by atoms with Crippen LogP contribution in [0, 0.1) is 0 Å². The van der Waals surface area contributed by atoms with Crippen LogP contribution in [0.2, 0.25) is 0 Å². The van der Waals surface area contributed by atoms with Crippen LogP contribution < -0.4 is 14.8 Å². The minimum Gasteiger partial charge on any atom is -0.497 e. The van der Waals surface area contributed by atoms with Crippen LogP contribution in [0.5, 0.6) is 17.2 Å². The molecular weight excluding hydrogens is 252 g/mol. The van der Waals surface area contributed by atoms with Crippen LogP contribution in [0.4, 0.5) is 0 Å². The highest BCUT2D eigenvalue weighted by atomic mass is 16.5. The van der Waals surface area contributed by atoms with E-state index in [-0.39, 0.29) is 0 Å². The summed E-state index contributed by atoms with van der Waals surface area (Å²) in [6.07, 6.45) is 4.69. The highest BCUT2D eigenvalue weighted by molar-refractivity contribution is 5.35. The van der Waals surface area contributed by atoms with E-state index in [4.69, 9.17) is 9.47 Å². The Hall–Kier alpha value is -2.07. The second-order valence-electron chi connectivity index (χ2n) is 4.48. The summed E-state index contributed by atoms with van der Waals surface area (Å²) in [4.78, 5) is 4.20. The fourth-order valence-corrected chi connectivity index (χ4v) is 1.81. The smallest absolute Gasteiger partial charge is 0.146 e. The van der Waals surface area contributed by atoms with Crippen molar-refractivity contribution in [2.75, 3.05) is 13.7 Å². The molecule has 0 fully saturated rings. The van der Waals surface area contributed by atoms with Gasteiger partial charge >= 0.3 is 0 Å². The van der Waals surface area contributed by atoms with Crippen molar-refractivity contribution in [3.63, 3.8) is 0 Å². The van der Waals surface area contributed by atoms with Gasteiger partial charge in [-0.05, 0) is 48.9 Å². The van der Waals surface area contributed by atoms with Crippen molar-refractivity contribution in [1.29, 1.82) is 0 Å². The van der Waals surface area contributed by atoms with E-state index >= 15 is 0 Å². The van der Waals surface area contributed by atoms with E-state index in [1.165, 1.54) is 0 Å². The maximum absolute atomic E-state index is 5.78. The minimum atomic E-state index is 0.742. The van der Waals surface area contributed by atoms with Crippen molar-refractivity contribution in [3.8, 4) is 17.2 Å². The predicted octanol–water partition coefficient (Wildman–Crippen LogP) is 3.38. The quantitative estimate of drug-likeness (QED) is 0.785. The Morgan fingerprint density at radius 1 is 1.05 bits per heavy atom. The first kappa shape index (κ1) is 14.3. The molecule has 106 valence electrons. The van der Waals surface area contributed by atoms with E-state index in [0.717, 1.165) is 42.3 Å². The van der Waals surface area contributed by atoms with Crippen LogP contribution in [0.15, 0.2) is 42.7 Å². The molecule has 1 aromatic heterocycles. The molecule has 1 N–H and O–H groups in total. The predicted molar refractivity (Wildman–Crippen MR) is 79.3 cm³/mol. The third-order valence-corrected chi connectivity index (χ3v) is 2.82. The van der Waals surface area contributed by atoms with Gasteiger partial charge in [0, 0.05) is 12.7 Å². The number of ether oxygens (including phenoxy) is 2. The molecule has 1 heterocycles. The highest BCUT2D eigenvalue weighted by Crippen LogP contribution is 2.23. The van der Waals surface area contributed by atoms with Gasteiger partial charge in [0.05, 0.1) is 13.3 Å². The normalized spacial score (nSPS) is 10.3. The molecule has 0 spiro atoms. The number of nitrogens with one attached hydrogen (secondary N) is 1. The van der Waals surface area contributed by atoms with Gasteiger partial charge in [-0.3, -0.25) is 4.98 Å². The average Bonchev–Trinajstić information content (AvgIpc) is 2.49. The number of nitrogens with zero attached hydrogens (tertiary/aromatic N) is 1. The van der Waals surface area contributed by atoms with Crippen molar-refractivity contribution in [1.82, 2.24) is 10.3 Å². The lowest BCUT2D eigenvalue weighted by Crippen LogP contribution is -2.13. The molecule has 0 unspecified atom stereocenters. The molecule has 0 radical (unpaired) electrons. The zero-order valence-electron chi connectivity index (χ0n) is 11.9. The zero-order chi connectivity index (χ0) is 14.2. The fourth-order valence-electron chi connectivity index (χ4n) is 1.81. The number of aromatic nitrogens is 1. The second-order valence-corrected chi connectivity index (χ2v) is 4.48. The van der Waals surface area contributed by atoms with Crippen molar-refractivity contribution < 1.29 is 9.47 Å². The molecule has 2 rings (SSSR count). The summed E-state index contributed by atoms with van der Waals surface area (Å²) in [5.74, 6) is 2.32. The first-order valence-corrected chi connectivity index (χ1v) is 6.78. The maximum atomic E-state index is 5.78. The highest BCUT2D eigenvalue weighted by Gasteiger charge is 2.00. The summed E-state index contributed by atoms with van der Waals surface area (Å²) in [6, 6.07) is 9.49. The van der Waals surface area contributed by atoms with Gasteiger partial charge in [-0.1, -0.05) is 6.92 Å². The lowest BCUT2D eigenvalue weighted by Gasteiger charge is -2.08. The second kappa shape index (κ2) is 7.50. The number of methoxy groups -OCH3 is 1. The molecule has 0 amide bonds. The summed E-state index contributed by atoms with van der Waals surface area (Å²) < 4.78 is 10.9. The number of rotatable bonds is 7. The molecule has 0 aliphatic carbocycles. The van der Waals surface area contributed by atoms with Gasteiger partial charge in [0.1, 0.15) is 17.2 Å². The summed E-state index contributed by atoms with van der Waals surface area (Å²) in [5.41, 5.74) is 1.12. The molecule has 0 atom stereocenters. The lowest BCUT2D eigenvalue weighted by molar-refractivity contribution is 0.412. The molecular formula is C16H20N2O2. The van der Waals surface area contributed by atoms with Crippen LogP contribution in [-0.4, -0.2) is 18.6 Å². The van der Waals surface area contributed by atoms with E-state index in [9.17, 15) is 0 Å². The molecule has 1 aromatic carbocycles. The Morgan fingerprint density at radius 2 is 1.80 bits per heavy atom. The molecule has 2 aromatic rings. The summed E-state index contributed by atoms with van der Waals surface area (Å²) in [5, 5.41) is 3.35. The summed E-state index contributed by atoms with van der Waals surface area (Å²) >= 11 is 0. The van der Waals surface area contributed by atoms with Crippen LogP contribution in [-0.2, 0) is 6.54 Å².